The van der Waals surface area contributed by atoms with E-state index in [1.165, 1.54) is 18.4 Å². The minimum absolute atomic E-state index is 0.292. The molecule has 0 N–H and O–H groups in total. The van der Waals surface area contributed by atoms with Crippen molar-refractivity contribution in [2.45, 2.75) is 0 Å². The Balaban J connectivity index is 2.06. The van der Waals surface area contributed by atoms with Gasteiger partial charge in [0.1, 0.15) is 4.88 Å². The van der Waals surface area contributed by atoms with Gasteiger partial charge in [-0.1, -0.05) is 29.8 Å². The number of ether oxygens (including phenoxy) is 1. The molecule has 100 valence electrons. The Morgan fingerprint density at radius 3 is 2.45 bits per heavy atom. The second-order valence-corrected chi connectivity index (χ2v) is 5.88. The molecule has 0 radical (unpaired) electrons. The molecule has 1 heterocycles. The first-order valence-electron chi connectivity index (χ1n) is 6.05. The first kappa shape index (κ1) is 13.2. The number of carbonyl (C=O) groups is 1. The van der Waals surface area contributed by atoms with Crippen molar-refractivity contribution in [3.8, 4) is 11.1 Å². The van der Waals surface area contributed by atoms with Crippen molar-refractivity contribution in [1.82, 2.24) is 0 Å². The molecule has 0 saturated carbocycles. The minimum Gasteiger partial charge on any atom is -0.465 e. The maximum atomic E-state index is 11.5. The Kier molecular flexibility index (Phi) is 3.47. The highest BCUT2D eigenvalue weighted by Gasteiger charge is 2.10. The third-order valence-electron chi connectivity index (χ3n) is 3.08. The fraction of sp³-hybridized carbons (Fsp3) is 0.0625. The second-order valence-electron chi connectivity index (χ2n) is 4.36. The van der Waals surface area contributed by atoms with Crippen molar-refractivity contribution >= 4 is 39.0 Å². The summed E-state index contributed by atoms with van der Waals surface area (Å²) in [5, 5.41) is 1.76. The molecule has 0 fully saturated rings. The smallest absolute Gasteiger partial charge is 0.348 e. The van der Waals surface area contributed by atoms with Crippen LogP contribution in [-0.4, -0.2) is 13.1 Å². The number of halogens is 1. The Morgan fingerprint density at radius 2 is 1.75 bits per heavy atom. The van der Waals surface area contributed by atoms with Gasteiger partial charge >= 0.3 is 5.97 Å². The highest BCUT2D eigenvalue weighted by atomic mass is 35.5. The standard InChI is InChI=1S/C16H11ClO2S/c1-19-16(18)15-9-12-8-11(4-7-14(12)20-15)10-2-5-13(17)6-3-10/h2-9H,1H3. The van der Waals surface area contributed by atoms with E-state index in [0.717, 1.165) is 26.2 Å². The van der Waals surface area contributed by atoms with E-state index in [0.29, 0.717) is 4.88 Å². The molecular weight excluding hydrogens is 292 g/mol. The molecular formula is C16H11ClO2S. The largest absolute Gasteiger partial charge is 0.465 e. The highest BCUT2D eigenvalue weighted by molar-refractivity contribution is 7.20. The van der Waals surface area contributed by atoms with Crippen molar-refractivity contribution in [2.75, 3.05) is 7.11 Å². The number of thiophene rings is 1. The fourth-order valence-corrected chi connectivity index (χ4v) is 3.15. The Bertz CT molecular complexity index is 775. The molecule has 0 saturated heterocycles. The summed E-state index contributed by atoms with van der Waals surface area (Å²) in [6, 6.07) is 15.7. The summed E-state index contributed by atoms with van der Waals surface area (Å²) < 4.78 is 5.82. The summed E-state index contributed by atoms with van der Waals surface area (Å²) in [5.41, 5.74) is 2.20. The van der Waals surface area contributed by atoms with Crippen LogP contribution in [0.25, 0.3) is 21.2 Å². The predicted molar refractivity (Wildman–Crippen MR) is 83.6 cm³/mol. The normalized spacial score (nSPS) is 10.7. The summed E-state index contributed by atoms with van der Waals surface area (Å²) in [7, 11) is 1.39. The van der Waals surface area contributed by atoms with E-state index in [2.05, 4.69) is 6.07 Å². The molecule has 0 aliphatic heterocycles. The molecule has 0 bridgehead atoms. The third-order valence-corrected chi connectivity index (χ3v) is 4.43. The van der Waals surface area contributed by atoms with Crippen molar-refractivity contribution < 1.29 is 9.53 Å². The van der Waals surface area contributed by atoms with Crippen LogP contribution in [0.4, 0.5) is 0 Å². The van der Waals surface area contributed by atoms with Crippen molar-refractivity contribution in [2.24, 2.45) is 0 Å². The van der Waals surface area contributed by atoms with Crippen LogP contribution in [0.3, 0.4) is 0 Å². The molecule has 0 aliphatic rings. The molecule has 0 amide bonds. The average molecular weight is 303 g/mol. The summed E-state index contributed by atoms with van der Waals surface area (Å²) in [6.07, 6.45) is 0. The van der Waals surface area contributed by atoms with Gasteiger partial charge < -0.3 is 4.74 Å². The number of fused-ring (bicyclic) bond motifs is 1. The predicted octanol–water partition coefficient (Wildman–Crippen LogP) is 5.01. The molecule has 0 spiro atoms. The van der Waals surface area contributed by atoms with E-state index in [9.17, 15) is 4.79 Å². The van der Waals surface area contributed by atoms with Crippen LogP contribution in [0.5, 0.6) is 0 Å². The van der Waals surface area contributed by atoms with Gasteiger partial charge in [0.25, 0.3) is 0 Å². The molecule has 0 atom stereocenters. The lowest BCUT2D eigenvalue weighted by Crippen LogP contribution is -1.96. The first-order valence-corrected chi connectivity index (χ1v) is 7.24. The lowest BCUT2D eigenvalue weighted by molar-refractivity contribution is 0.0606. The van der Waals surface area contributed by atoms with Crippen LogP contribution in [-0.2, 0) is 4.74 Å². The molecule has 4 heteroatoms. The zero-order valence-corrected chi connectivity index (χ0v) is 12.3. The lowest BCUT2D eigenvalue weighted by Gasteiger charge is -2.01. The van der Waals surface area contributed by atoms with E-state index < -0.39 is 0 Å². The van der Waals surface area contributed by atoms with Crippen molar-refractivity contribution in [1.29, 1.82) is 0 Å². The van der Waals surface area contributed by atoms with Crippen LogP contribution in [0, 0.1) is 0 Å². The van der Waals surface area contributed by atoms with Gasteiger partial charge in [0, 0.05) is 9.72 Å². The summed E-state index contributed by atoms with van der Waals surface area (Å²) in [6.45, 7) is 0. The first-order chi connectivity index (χ1) is 9.67. The number of methoxy groups -OCH3 is 1. The van der Waals surface area contributed by atoms with Gasteiger partial charge in [0.15, 0.2) is 0 Å². The number of hydrogen-bond acceptors (Lipinski definition) is 3. The van der Waals surface area contributed by atoms with E-state index in [1.54, 1.807) is 0 Å². The number of carbonyl (C=O) groups excluding carboxylic acids is 1. The molecule has 3 aromatic rings. The Morgan fingerprint density at radius 1 is 1.05 bits per heavy atom. The fourth-order valence-electron chi connectivity index (χ4n) is 2.07. The quantitative estimate of drug-likeness (QED) is 0.622. The number of esters is 1. The maximum absolute atomic E-state index is 11.5. The molecule has 3 rings (SSSR count). The van der Waals surface area contributed by atoms with E-state index in [1.807, 2.05) is 42.5 Å². The summed E-state index contributed by atoms with van der Waals surface area (Å²) >= 11 is 7.34. The van der Waals surface area contributed by atoms with Gasteiger partial charge in [0.2, 0.25) is 0 Å². The van der Waals surface area contributed by atoms with E-state index in [4.69, 9.17) is 16.3 Å². The van der Waals surface area contributed by atoms with Crippen LogP contribution in [0.1, 0.15) is 9.67 Å². The SMILES string of the molecule is COC(=O)c1cc2cc(-c3ccc(Cl)cc3)ccc2s1. The zero-order chi connectivity index (χ0) is 14.1. The molecule has 0 aliphatic carbocycles. The molecule has 2 aromatic carbocycles. The van der Waals surface area contributed by atoms with Gasteiger partial charge in [-0.2, -0.15) is 0 Å². The lowest BCUT2D eigenvalue weighted by atomic mass is 10.0. The zero-order valence-electron chi connectivity index (χ0n) is 10.7. The van der Waals surface area contributed by atoms with Crippen molar-refractivity contribution in [3.63, 3.8) is 0 Å². The Labute approximate surface area is 125 Å². The van der Waals surface area contributed by atoms with Crippen molar-refractivity contribution in [3.05, 3.63) is 58.4 Å². The van der Waals surface area contributed by atoms with Gasteiger partial charge in [0.05, 0.1) is 7.11 Å². The third kappa shape index (κ3) is 2.42. The second kappa shape index (κ2) is 5.27. The molecule has 1 aromatic heterocycles. The number of hydrogen-bond donors (Lipinski definition) is 0. The van der Waals surface area contributed by atoms with Gasteiger partial charge in [-0.15, -0.1) is 11.3 Å². The van der Waals surface area contributed by atoms with Crippen LogP contribution < -0.4 is 0 Å². The van der Waals surface area contributed by atoms with Gasteiger partial charge in [-0.3, -0.25) is 0 Å². The van der Waals surface area contributed by atoms with Crippen LogP contribution >= 0.6 is 22.9 Å². The summed E-state index contributed by atoms with van der Waals surface area (Å²) in [5.74, 6) is -0.292. The van der Waals surface area contributed by atoms with Gasteiger partial charge in [-0.25, -0.2) is 4.79 Å². The molecule has 2 nitrogen and oxygen atoms in total. The minimum atomic E-state index is -0.292. The van der Waals surface area contributed by atoms with Crippen LogP contribution in [0.2, 0.25) is 5.02 Å². The molecule has 20 heavy (non-hydrogen) atoms. The maximum Gasteiger partial charge on any atom is 0.348 e. The van der Waals surface area contributed by atoms with E-state index >= 15 is 0 Å². The number of benzene rings is 2. The monoisotopic (exact) mass is 302 g/mol. The topological polar surface area (TPSA) is 26.3 Å². The number of rotatable bonds is 2. The van der Waals surface area contributed by atoms with Crippen LogP contribution in [0.15, 0.2) is 48.5 Å². The van der Waals surface area contributed by atoms with Gasteiger partial charge in [-0.05, 0) is 46.8 Å². The highest BCUT2D eigenvalue weighted by Crippen LogP contribution is 2.31. The average Bonchev–Trinajstić information content (AvgIpc) is 2.90. The Hall–Kier alpha value is -1.84. The van der Waals surface area contributed by atoms with E-state index in [-0.39, 0.29) is 5.97 Å². The molecule has 0 unspecified atom stereocenters. The summed E-state index contributed by atoms with van der Waals surface area (Å²) in [4.78, 5) is 12.2.